The molecule has 0 aliphatic carbocycles. The van der Waals surface area contributed by atoms with Gasteiger partial charge in [0.05, 0.1) is 24.8 Å². The zero-order chi connectivity index (χ0) is 21.6. The lowest BCUT2D eigenvalue weighted by molar-refractivity contribution is 0.111. The van der Waals surface area contributed by atoms with Crippen molar-refractivity contribution in [3.05, 3.63) is 84.4 Å². The molecule has 10 heteroatoms. The van der Waals surface area contributed by atoms with E-state index in [-0.39, 0.29) is 12.4 Å². The standard InChI is InChI=1S/C11H10N2O3S.C10H8N2O.ClH/c1-17(15,16)13-7-11(6-12-13)10-4-2-9(8-14)3-5-10;13-7-8-1-3-9(4-2-8)10-5-11-12-6-10;/h2-8H,1H3;1-7H,(H,11,12);1H. The molecule has 0 atom stereocenters. The van der Waals surface area contributed by atoms with E-state index in [1.165, 1.54) is 12.4 Å². The summed E-state index contributed by atoms with van der Waals surface area (Å²) < 4.78 is 23.4. The van der Waals surface area contributed by atoms with Gasteiger partial charge in [-0.1, -0.05) is 48.5 Å². The Kier molecular flexibility index (Phi) is 8.00. The predicted octanol–water partition coefficient (Wildman–Crippen LogP) is 3.48. The highest BCUT2D eigenvalue weighted by molar-refractivity contribution is 7.89. The summed E-state index contributed by atoms with van der Waals surface area (Å²) in [5.41, 5.74) is 4.84. The second-order valence-corrected chi connectivity index (χ2v) is 8.17. The Bertz CT molecular complexity index is 1230. The molecule has 2 aromatic heterocycles. The van der Waals surface area contributed by atoms with Crippen LogP contribution in [0.25, 0.3) is 22.3 Å². The van der Waals surface area contributed by atoms with E-state index < -0.39 is 10.0 Å². The lowest BCUT2D eigenvalue weighted by Gasteiger charge is -1.97. The van der Waals surface area contributed by atoms with Crippen molar-refractivity contribution in [2.24, 2.45) is 0 Å². The Morgan fingerprint density at radius 2 is 1.32 bits per heavy atom. The third-order valence-corrected chi connectivity index (χ3v) is 5.04. The number of nitrogens with one attached hydrogen (secondary N) is 1. The van der Waals surface area contributed by atoms with Gasteiger partial charge < -0.3 is 0 Å². The van der Waals surface area contributed by atoms with Crippen molar-refractivity contribution in [2.75, 3.05) is 6.26 Å². The van der Waals surface area contributed by atoms with Crippen LogP contribution in [0.3, 0.4) is 0 Å². The molecule has 0 unspecified atom stereocenters. The van der Waals surface area contributed by atoms with Crippen molar-refractivity contribution in [2.45, 2.75) is 0 Å². The van der Waals surface area contributed by atoms with Crippen LogP contribution in [-0.2, 0) is 10.0 Å². The van der Waals surface area contributed by atoms with E-state index in [9.17, 15) is 18.0 Å². The smallest absolute Gasteiger partial charge is 0.250 e. The van der Waals surface area contributed by atoms with Crippen LogP contribution in [-0.4, -0.2) is 46.6 Å². The van der Waals surface area contributed by atoms with E-state index in [1.807, 2.05) is 18.3 Å². The van der Waals surface area contributed by atoms with Crippen LogP contribution < -0.4 is 0 Å². The molecular weight excluding hydrogens is 440 g/mol. The molecule has 4 rings (SSSR count). The third-order valence-electron chi connectivity index (χ3n) is 4.16. The minimum Gasteiger partial charge on any atom is -0.298 e. The lowest BCUT2D eigenvalue weighted by Crippen LogP contribution is -2.09. The first-order chi connectivity index (χ1) is 14.4. The molecule has 0 bridgehead atoms. The fourth-order valence-corrected chi connectivity index (χ4v) is 3.08. The monoisotopic (exact) mass is 458 g/mol. The van der Waals surface area contributed by atoms with Gasteiger partial charge in [-0.2, -0.15) is 14.3 Å². The quantitative estimate of drug-likeness (QED) is 0.458. The number of H-pyrrole nitrogens is 1. The summed E-state index contributed by atoms with van der Waals surface area (Å²) in [6.07, 6.45) is 9.14. The van der Waals surface area contributed by atoms with Crippen LogP contribution in [0.5, 0.6) is 0 Å². The first-order valence-corrected chi connectivity index (χ1v) is 10.6. The Hall–Kier alpha value is -3.56. The summed E-state index contributed by atoms with van der Waals surface area (Å²) in [7, 11) is -3.35. The first-order valence-electron chi connectivity index (χ1n) is 8.76. The highest BCUT2D eigenvalue weighted by Gasteiger charge is 2.08. The average molecular weight is 459 g/mol. The molecule has 1 N–H and O–H groups in total. The van der Waals surface area contributed by atoms with Gasteiger partial charge in [-0.15, -0.1) is 12.4 Å². The minimum atomic E-state index is -3.35. The summed E-state index contributed by atoms with van der Waals surface area (Å²) in [6.45, 7) is 0. The number of rotatable bonds is 5. The summed E-state index contributed by atoms with van der Waals surface area (Å²) in [5.74, 6) is 0. The maximum absolute atomic E-state index is 11.2. The van der Waals surface area contributed by atoms with Gasteiger partial charge in [-0.3, -0.25) is 14.7 Å². The Labute approximate surface area is 185 Å². The second-order valence-electron chi connectivity index (χ2n) is 6.33. The van der Waals surface area contributed by atoms with Crippen molar-refractivity contribution in [3.63, 3.8) is 0 Å². The summed E-state index contributed by atoms with van der Waals surface area (Å²) in [5, 5.41) is 10.3. The van der Waals surface area contributed by atoms with E-state index in [0.29, 0.717) is 16.7 Å². The fraction of sp³-hybridized carbons (Fsp3) is 0.0476. The number of aromatic amines is 1. The Balaban J connectivity index is 0.000000220. The minimum absolute atomic E-state index is 0. The molecule has 2 heterocycles. The molecule has 2 aromatic carbocycles. The van der Waals surface area contributed by atoms with Gasteiger partial charge in [0.1, 0.15) is 12.6 Å². The molecular formula is C21H19ClN4O4S. The molecule has 160 valence electrons. The second kappa shape index (κ2) is 10.5. The van der Waals surface area contributed by atoms with Gasteiger partial charge in [-0.05, 0) is 11.1 Å². The maximum atomic E-state index is 11.2. The van der Waals surface area contributed by atoms with Gasteiger partial charge in [0, 0.05) is 28.5 Å². The maximum Gasteiger partial charge on any atom is 0.250 e. The number of hydrogen-bond acceptors (Lipinski definition) is 6. The fourth-order valence-electron chi connectivity index (χ4n) is 2.55. The molecule has 0 fully saturated rings. The van der Waals surface area contributed by atoms with E-state index >= 15 is 0 Å². The van der Waals surface area contributed by atoms with Crippen molar-refractivity contribution in [1.29, 1.82) is 0 Å². The van der Waals surface area contributed by atoms with Crippen molar-refractivity contribution < 1.29 is 18.0 Å². The molecule has 8 nitrogen and oxygen atoms in total. The van der Waals surface area contributed by atoms with Crippen LogP contribution in [0.15, 0.2) is 73.3 Å². The van der Waals surface area contributed by atoms with Crippen LogP contribution in [0, 0.1) is 0 Å². The number of halogens is 1. The Morgan fingerprint density at radius 1 is 0.806 bits per heavy atom. The molecule has 0 aliphatic rings. The van der Waals surface area contributed by atoms with Crippen LogP contribution in [0.4, 0.5) is 0 Å². The molecule has 0 radical (unpaired) electrons. The largest absolute Gasteiger partial charge is 0.298 e. The number of carbonyl (C=O) groups is 2. The van der Waals surface area contributed by atoms with E-state index in [1.54, 1.807) is 42.6 Å². The number of benzene rings is 2. The highest BCUT2D eigenvalue weighted by atomic mass is 35.5. The highest BCUT2D eigenvalue weighted by Crippen LogP contribution is 2.19. The zero-order valence-corrected chi connectivity index (χ0v) is 18.0. The third kappa shape index (κ3) is 6.21. The summed E-state index contributed by atoms with van der Waals surface area (Å²) in [6, 6.07) is 14.2. The SMILES string of the molecule is CS(=O)(=O)n1cc(-c2ccc(C=O)cc2)cn1.Cl.O=Cc1ccc(-c2cn[nH]c2)cc1. The molecule has 0 aliphatic heterocycles. The van der Waals surface area contributed by atoms with Crippen molar-refractivity contribution in [3.8, 4) is 22.3 Å². The molecule has 4 aromatic rings. The number of aldehydes is 2. The topological polar surface area (TPSA) is 115 Å². The summed E-state index contributed by atoms with van der Waals surface area (Å²) in [4.78, 5) is 20.9. The van der Waals surface area contributed by atoms with Crippen molar-refractivity contribution in [1.82, 2.24) is 19.4 Å². The van der Waals surface area contributed by atoms with Crippen LogP contribution in [0.1, 0.15) is 20.7 Å². The molecule has 0 saturated heterocycles. The summed E-state index contributed by atoms with van der Waals surface area (Å²) >= 11 is 0. The van der Waals surface area contributed by atoms with Gasteiger partial charge in [0.25, 0.3) is 10.0 Å². The predicted molar refractivity (Wildman–Crippen MR) is 120 cm³/mol. The van der Waals surface area contributed by atoms with Gasteiger partial charge in [-0.25, -0.2) is 8.42 Å². The molecule has 0 spiro atoms. The van der Waals surface area contributed by atoms with E-state index in [2.05, 4.69) is 15.3 Å². The van der Waals surface area contributed by atoms with Gasteiger partial charge in [0.2, 0.25) is 0 Å². The Morgan fingerprint density at radius 3 is 1.71 bits per heavy atom. The average Bonchev–Trinajstić information content (AvgIpc) is 3.46. The number of carbonyl (C=O) groups excluding carboxylic acids is 2. The number of hydrogen-bond donors (Lipinski definition) is 1. The normalized spacial score (nSPS) is 10.4. The first kappa shape index (κ1) is 23.7. The van der Waals surface area contributed by atoms with E-state index in [4.69, 9.17) is 0 Å². The van der Waals surface area contributed by atoms with Crippen LogP contribution >= 0.6 is 12.4 Å². The number of aromatic nitrogens is 4. The van der Waals surface area contributed by atoms with Gasteiger partial charge in [0.15, 0.2) is 0 Å². The lowest BCUT2D eigenvalue weighted by atomic mass is 10.1. The van der Waals surface area contributed by atoms with Gasteiger partial charge >= 0.3 is 0 Å². The number of nitrogens with zero attached hydrogens (tertiary/aromatic N) is 3. The molecule has 0 saturated carbocycles. The van der Waals surface area contributed by atoms with Crippen molar-refractivity contribution >= 4 is 35.0 Å². The zero-order valence-electron chi connectivity index (χ0n) is 16.4. The van der Waals surface area contributed by atoms with E-state index in [0.717, 1.165) is 39.6 Å². The molecule has 0 amide bonds. The molecule has 31 heavy (non-hydrogen) atoms. The van der Waals surface area contributed by atoms with Crippen LogP contribution in [0.2, 0.25) is 0 Å².